The summed E-state index contributed by atoms with van der Waals surface area (Å²) in [4.78, 5) is 12.9. The number of fused-ring (bicyclic) bond motifs is 2. The molecule has 0 radical (unpaired) electrons. The first kappa shape index (κ1) is 21.2. The summed E-state index contributed by atoms with van der Waals surface area (Å²) in [6, 6.07) is 7.86. The smallest absolute Gasteiger partial charge is 0.273 e. The van der Waals surface area contributed by atoms with Crippen molar-refractivity contribution in [3.05, 3.63) is 66.1 Å². The number of hydrogen-bond donors (Lipinski definition) is 1. The SMILES string of the molecule is C=C(C)c1ccc(S(=O)(=O)N2C3C[C@@H](NC(=O)c4cc(C5CC5)on4)C[C@H]2CC3=C)cc1. The molecule has 3 heterocycles. The molecule has 1 aromatic heterocycles. The van der Waals surface area contributed by atoms with Crippen molar-refractivity contribution in [1.29, 1.82) is 0 Å². The molecule has 1 aliphatic carbocycles. The number of carbonyl (C=O) groups is 1. The Labute approximate surface area is 188 Å². The van der Waals surface area contributed by atoms with Gasteiger partial charge in [0, 0.05) is 30.1 Å². The van der Waals surface area contributed by atoms with Crippen LogP contribution in [0.4, 0.5) is 0 Å². The molecule has 1 saturated carbocycles. The Hall–Kier alpha value is -2.71. The van der Waals surface area contributed by atoms with Gasteiger partial charge >= 0.3 is 0 Å². The Morgan fingerprint density at radius 1 is 1.22 bits per heavy atom. The second kappa shape index (κ2) is 7.71. The van der Waals surface area contributed by atoms with Gasteiger partial charge in [0.15, 0.2) is 5.69 Å². The van der Waals surface area contributed by atoms with E-state index < -0.39 is 10.0 Å². The minimum Gasteiger partial charge on any atom is -0.360 e. The van der Waals surface area contributed by atoms with E-state index in [1.165, 1.54) is 0 Å². The lowest BCUT2D eigenvalue weighted by molar-refractivity contribution is 0.0902. The molecule has 2 aliphatic heterocycles. The van der Waals surface area contributed by atoms with Gasteiger partial charge in [-0.05, 0) is 56.7 Å². The van der Waals surface area contributed by atoms with Gasteiger partial charge in [-0.1, -0.05) is 41.6 Å². The summed E-state index contributed by atoms with van der Waals surface area (Å²) in [5.74, 6) is 0.880. The molecule has 3 atom stereocenters. The summed E-state index contributed by atoms with van der Waals surface area (Å²) in [6.07, 6.45) is 3.79. The average Bonchev–Trinajstić information content (AvgIpc) is 3.44. The first-order chi connectivity index (χ1) is 15.2. The van der Waals surface area contributed by atoms with Crippen LogP contribution in [0.3, 0.4) is 0 Å². The van der Waals surface area contributed by atoms with E-state index in [4.69, 9.17) is 4.52 Å². The van der Waals surface area contributed by atoms with Gasteiger partial charge in [0.05, 0.1) is 4.90 Å². The molecule has 7 nitrogen and oxygen atoms in total. The zero-order valence-corrected chi connectivity index (χ0v) is 18.9. The van der Waals surface area contributed by atoms with Gasteiger partial charge in [0.2, 0.25) is 10.0 Å². The number of rotatable bonds is 6. The zero-order valence-electron chi connectivity index (χ0n) is 18.1. The molecule has 32 heavy (non-hydrogen) atoms. The molecule has 1 N–H and O–H groups in total. The molecular weight excluding hydrogens is 426 g/mol. The standard InChI is InChI=1S/C24H27N3O4S/c1-14(2)16-6-8-20(9-7-16)32(29,30)27-19-10-15(3)22(27)12-18(11-19)25-24(28)21-13-23(31-26-21)17-4-5-17/h6-9,13,17-19,22H,1,3-5,10-12H2,2H3,(H,25,28)/t18-,19+,22?/m0/s1. The third-order valence-corrected chi connectivity index (χ3v) is 8.67. The predicted octanol–water partition coefficient (Wildman–Crippen LogP) is 3.87. The van der Waals surface area contributed by atoms with Crippen molar-refractivity contribution >= 4 is 21.5 Å². The highest BCUT2D eigenvalue weighted by Crippen LogP contribution is 2.43. The summed E-state index contributed by atoms with van der Waals surface area (Å²) in [5.41, 5.74) is 2.97. The summed E-state index contributed by atoms with van der Waals surface area (Å²) in [5, 5.41) is 6.93. The van der Waals surface area contributed by atoms with E-state index >= 15 is 0 Å². The lowest BCUT2D eigenvalue weighted by atomic mass is 9.99. The fraction of sp³-hybridized carbons (Fsp3) is 0.417. The number of sulfonamides is 1. The van der Waals surface area contributed by atoms with Crippen molar-refractivity contribution < 1.29 is 17.7 Å². The number of nitrogens with one attached hydrogen (secondary N) is 1. The monoisotopic (exact) mass is 453 g/mol. The van der Waals surface area contributed by atoms with Crippen LogP contribution in [-0.2, 0) is 10.0 Å². The Kier molecular flexibility index (Phi) is 5.09. The van der Waals surface area contributed by atoms with Crippen LogP contribution in [0.15, 0.2) is 58.5 Å². The molecule has 2 aromatic rings. The fourth-order valence-electron chi connectivity index (χ4n) is 4.85. The highest BCUT2D eigenvalue weighted by Gasteiger charge is 2.49. The molecule has 2 saturated heterocycles. The number of aromatic nitrogens is 1. The van der Waals surface area contributed by atoms with E-state index in [-0.39, 0.29) is 34.6 Å². The van der Waals surface area contributed by atoms with Crippen LogP contribution < -0.4 is 5.32 Å². The van der Waals surface area contributed by atoms with E-state index in [0.717, 1.165) is 35.3 Å². The summed E-state index contributed by atoms with van der Waals surface area (Å²) in [6.45, 7) is 9.92. The third kappa shape index (κ3) is 3.71. The number of allylic oxidation sites excluding steroid dienone is 1. The molecule has 3 aliphatic rings. The molecule has 8 heteroatoms. The minimum absolute atomic E-state index is 0.143. The van der Waals surface area contributed by atoms with Crippen LogP contribution in [0.1, 0.15) is 66.8 Å². The third-order valence-electron chi connectivity index (χ3n) is 6.70. The van der Waals surface area contributed by atoms with Gasteiger partial charge in [-0.2, -0.15) is 4.31 Å². The molecule has 0 spiro atoms. The first-order valence-corrected chi connectivity index (χ1v) is 12.4. The Balaban J connectivity index is 1.31. The maximum Gasteiger partial charge on any atom is 0.273 e. The number of hydrogen-bond acceptors (Lipinski definition) is 5. The van der Waals surface area contributed by atoms with Crippen molar-refractivity contribution in [1.82, 2.24) is 14.8 Å². The summed E-state index contributed by atoms with van der Waals surface area (Å²) >= 11 is 0. The highest BCUT2D eigenvalue weighted by atomic mass is 32.2. The molecule has 2 bridgehead atoms. The maximum atomic E-state index is 13.5. The van der Waals surface area contributed by atoms with E-state index in [9.17, 15) is 13.2 Å². The van der Waals surface area contributed by atoms with Crippen molar-refractivity contribution in [2.24, 2.45) is 0 Å². The molecule has 1 aromatic carbocycles. The summed E-state index contributed by atoms with van der Waals surface area (Å²) in [7, 11) is -3.67. The number of benzene rings is 1. The highest BCUT2D eigenvalue weighted by molar-refractivity contribution is 7.89. The second-order valence-corrected chi connectivity index (χ2v) is 11.0. The van der Waals surface area contributed by atoms with Gasteiger partial charge in [-0.25, -0.2) is 8.42 Å². The van der Waals surface area contributed by atoms with Crippen LogP contribution in [-0.4, -0.2) is 41.9 Å². The zero-order chi connectivity index (χ0) is 22.6. The van der Waals surface area contributed by atoms with Crippen molar-refractivity contribution in [3.8, 4) is 0 Å². The second-order valence-electron chi connectivity index (χ2n) is 9.20. The Morgan fingerprint density at radius 3 is 2.56 bits per heavy atom. The van der Waals surface area contributed by atoms with Gasteiger partial charge in [0.1, 0.15) is 5.76 Å². The van der Waals surface area contributed by atoms with Gasteiger partial charge in [0.25, 0.3) is 5.91 Å². The first-order valence-electron chi connectivity index (χ1n) is 11.0. The molecule has 1 amide bonds. The largest absolute Gasteiger partial charge is 0.360 e. The Morgan fingerprint density at radius 2 is 1.94 bits per heavy atom. The lowest BCUT2D eigenvalue weighted by Crippen LogP contribution is -2.52. The maximum absolute atomic E-state index is 13.5. The quantitative estimate of drug-likeness (QED) is 0.671. The van der Waals surface area contributed by atoms with Crippen LogP contribution in [0.5, 0.6) is 0 Å². The molecule has 168 valence electrons. The Bertz CT molecular complexity index is 1190. The topological polar surface area (TPSA) is 92.5 Å². The van der Waals surface area contributed by atoms with Crippen molar-refractivity contribution in [2.75, 3.05) is 0 Å². The molecule has 3 fully saturated rings. The van der Waals surface area contributed by atoms with E-state index in [2.05, 4.69) is 23.6 Å². The number of carbonyl (C=O) groups excluding carboxylic acids is 1. The van der Waals surface area contributed by atoms with Crippen molar-refractivity contribution in [3.63, 3.8) is 0 Å². The van der Waals surface area contributed by atoms with Gasteiger partial charge in [-0.3, -0.25) is 4.79 Å². The van der Waals surface area contributed by atoms with Gasteiger partial charge < -0.3 is 9.84 Å². The van der Waals surface area contributed by atoms with E-state index in [1.54, 1.807) is 34.6 Å². The molecular formula is C24H27N3O4S. The lowest BCUT2D eigenvalue weighted by Gasteiger charge is -2.37. The van der Waals surface area contributed by atoms with Gasteiger partial charge in [-0.15, -0.1) is 0 Å². The number of piperidine rings is 1. The summed E-state index contributed by atoms with van der Waals surface area (Å²) < 4.78 is 33.8. The van der Waals surface area contributed by atoms with Crippen LogP contribution in [0.2, 0.25) is 0 Å². The molecule has 5 rings (SSSR count). The van der Waals surface area contributed by atoms with Crippen LogP contribution in [0, 0.1) is 0 Å². The fourth-order valence-corrected chi connectivity index (χ4v) is 6.69. The predicted molar refractivity (Wildman–Crippen MR) is 120 cm³/mol. The normalized spacial score (nSPS) is 25.7. The van der Waals surface area contributed by atoms with Crippen molar-refractivity contribution in [2.45, 2.75) is 68.0 Å². The average molecular weight is 454 g/mol. The number of amides is 1. The van der Waals surface area contributed by atoms with E-state index in [1.807, 2.05) is 6.92 Å². The minimum atomic E-state index is -3.67. The molecule has 1 unspecified atom stereocenters. The van der Waals surface area contributed by atoms with E-state index in [0.29, 0.717) is 25.2 Å². The van der Waals surface area contributed by atoms with Crippen LogP contribution >= 0.6 is 0 Å². The van der Waals surface area contributed by atoms with Crippen LogP contribution in [0.25, 0.3) is 5.57 Å². The number of nitrogens with zero attached hydrogens (tertiary/aromatic N) is 2.